The summed E-state index contributed by atoms with van der Waals surface area (Å²) in [6, 6.07) is 16.5. The number of carbonyl (C=O) groups excluding carboxylic acids is 2. The minimum absolute atomic E-state index is 0.00478. The molecule has 0 heterocycles. The molecule has 2 aromatic rings. The highest BCUT2D eigenvalue weighted by molar-refractivity contribution is 5.96. The zero-order chi connectivity index (χ0) is 23.8. The molecule has 6 heteroatoms. The van der Waals surface area contributed by atoms with Crippen LogP contribution in [-0.4, -0.2) is 40.8 Å². The van der Waals surface area contributed by atoms with Crippen molar-refractivity contribution in [2.45, 2.75) is 57.6 Å². The van der Waals surface area contributed by atoms with Crippen LogP contribution < -0.4 is 5.32 Å². The van der Waals surface area contributed by atoms with Crippen molar-refractivity contribution in [1.29, 1.82) is 0 Å². The summed E-state index contributed by atoms with van der Waals surface area (Å²) < 4.78 is 26.7. The first kappa shape index (κ1) is 25.4. The van der Waals surface area contributed by atoms with E-state index in [1.807, 2.05) is 30.3 Å². The van der Waals surface area contributed by atoms with E-state index in [9.17, 15) is 23.5 Å². The molecule has 0 aliphatic carbocycles. The quantitative estimate of drug-likeness (QED) is 0.326. The Balaban J connectivity index is 1.93. The topological polar surface area (TPSA) is 66.4 Å². The van der Waals surface area contributed by atoms with Gasteiger partial charge in [0.2, 0.25) is 0 Å². The van der Waals surface area contributed by atoms with Gasteiger partial charge in [0, 0.05) is 29.5 Å². The molecule has 0 spiro atoms. The summed E-state index contributed by atoms with van der Waals surface area (Å²) in [5.41, 5.74) is -2.12. The van der Waals surface area contributed by atoms with Gasteiger partial charge in [-0.3, -0.25) is 9.59 Å². The summed E-state index contributed by atoms with van der Waals surface area (Å²) >= 11 is 0. The van der Waals surface area contributed by atoms with Crippen LogP contribution in [0.3, 0.4) is 0 Å². The molecular formula is C26H29F2NO3. The van der Waals surface area contributed by atoms with Gasteiger partial charge in [-0.05, 0) is 51.1 Å². The van der Waals surface area contributed by atoms with Crippen molar-refractivity contribution in [2.75, 3.05) is 6.54 Å². The highest BCUT2D eigenvalue weighted by atomic mass is 19.3. The molecule has 170 valence electrons. The van der Waals surface area contributed by atoms with Crippen LogP contribution in [0.25, 0.3) is 0 Å². The Hall–Kier alpha value is -2.88. The Morgan fingerprint density at radius 1 is 1.00 bits per heavy atom. The van der Waals surface area contributed by atoms with Gasteiger partial charge < -0.3 is 10.4 Å². The molecule has 0 aliphatic rings. The van der Waals surface area contributed by atoms with Crippen LogP contribution >= 0.6 is 0 Å². The summed E-state index contributed by atoms with van der Waals surface area (Å²) in [7, 11) is 0. The van der Waals surface area contributed by atoms with Gasteiger partial charge in [-0.2, -0.15) is 0 Å². The van der Waals surface area contributed by atoms with E-state index in [-0.39, 0.29) is 25.2 Å². The maximum absolute atomic E-state index is 13.3. The minimum atomic E-state index is -3.10. The van der Waals surface area contributed by atoms with E-state index in [4.69, 9.17) is 0 Å². The van der Waals surface area contributed by atoms with Gasteiger partial charge in [0.25, 0.3) is 6.43 Å². The molecule has 0 bridgehead atoms. The summed E-state index contributed by atoms with van der Waals surface area (Å²) in [4.78, 5) is 24.7. The fraction of sp³-hybridized carbons (Fsp3) is 0.385. The zero-order valence-corrected chi connectivity index (χ0v) is 18.6. The number of alkyl halides is 2. The number of hydrogen-bond donors (Lipinski definition) is 2. The van der Waals surface area contributed by atoms with Crippen LogP contribution in [-0.2, 0) is 4.79 Å². The molecule has 0 fully saturated rings. The number of hydrogen-bond acceptors (Lipinski definition) is 4. The van der Waals surface area contributed by atoms with E-state index in [2.05, 4.69) is 17.2 Å². The van der Waals surface area contributed by atoms with E-state index in [0.717, 1.165) is 18.1 Å². The maximum Gasteiger partial charge on any atom is 0.268 e. The molecule has 2 atom stereocenters. The van der Waals surface area contributed by atoms with Crippen LogP contribution in [0, 0.1) is 11.8 Å². The van der Waals surface area contributed by atoms with Crippen LogP contribution in [0.5, 0.6) is 0 Å². The van der Waals surface area contributed by atoms with Crippen LogP contribution in [0.15, 0.2) is 54.6 Å². The molecule has 4 nitrogen and oxygen atoms in total. The molecule has 2 unspecified atom stereocenters. The molecule has 32 heavy (non-hydrogen) atoms. The monoisotopic (exact) mass is 441 g/mol. The second kappa shape index (κ2) is 11.1. The van der Waals surface area contributed by atoms with Gasteiger partial charge in [0.05, 0.1) is 0 Å². The number of halogens is 2. The fourth-order valence-electron chi connectivity index (χ4n) is 3.27. The summed E-state index contributed by atoms with van der Waals surface area (Å²) in [6.07, 6.45) is -2.58. The summed E-state index contributed by atoms with van der Waals surface area (Å²) in [5, 5.41) is 13.0. The molecular weight excluding hydrogens is 412 g/mol. The largest absolute Gasteiger partial charge is 0.382 e. The van der Waals surface area contributed by atoms with E-state index >= 15 is 0 Å². The van der Waals surface area contributed by atoms with Gasteiger partial charge in [-0.1, -0.05) is 49.1 Å². The number of rotatable bonds is 10. The SMILES string of the molecule is CCC(=O)C(C)(NCCCC(=O)c1ccc(C#Cc2ccccc2)cc1)C(C)(O)C(F)F. The van der Waals surface area contributed by atoms with E-state index in [1.165, 1.54) is 6.92 Å². The second-order valence-electron chi connectivity index (χ2n) is 8.00. The van der Waals surface area contributed by atoms with Gasteiger partial charge in [-0.15, -0.1) is 0 Å². The van der Waals surface area contributed by atoms with Gasteiger partial charge in [0.15, 0.2) is 11.6 Å². The lowest BCUT2D eigenvalue weighted by molar-refractivity contribution is -0.158. The molecule has 2 aromatic carbocycles. The van der Waals surface area contributed by atoms with Gasteiger partial charge >= 0.3 is 0 Å². The van der Waals surface area contributed by atoms with Crippen molar-refractivity contribution in [2.24, 2.45) is 0 Å². The fourth-order valence-corrected chi connectivity index (χ4v) is 3.27. The number of nitrogens with one attached hydrogen (secondary N) is 1. The van der Waals surface area contributed by atoms with Gasteiger partial charge in [0.1, 0.15) is 11.1 Å². The molecule has 0 radical (unpaired) electrons. The third kappa shape index (κ3) is 6.09. The Labute approximate surface area is 188 Å². The van der Waals surface area contributed by atoms with E-state index in [0.29, 0.717) is 12.0 Å². The van der Waals surface area contributed by atoms with Crippen LogP contribution in [0.1, 0.15) is 61.5 Å². The molecule has 2 rings (SSSR count). The number of ketones is 2. The second-order valence-corrected chi connectivity index (χ2v) is 8.00. The molecule has 0 amide bonds. The van der Waals surface area contributed by atoms with Crippen LogP contribution in [0.2, 0.25) is 0 Å². The highest BCUT2D eigenvalue weighted by Crippen LogP contribution is 2.30. The average molecular weight is 442 g/mol. The lowest BCUT2D eigenvalue weighted by Gasteiger charge is -2.41. The van der Waals surface area contributed by atoms with Crippen molar-refractivity contribution in [3.63, 3.8) is 0 Å². The van der Waals surface area contributed by atoms with E-state index in [1.54, 1.807) is 31.2 Å². The van der Waals surface area contributed by atoms with Gasteiger partial charge in [-0.25, -0.2) is 8.78 Å². The normalized spacial score (nSPS) is 14.7. The third-order valence-electron chi connectivity index (χ3n) is 5.71. The maximum atomic E-state index is 13.3. The smallest absolute Gasteiger partial charge is 0.268 e. The Morgan fingerprint density at radius 3 is 2.09 bits per heavy atom. The summed E-state index contributed by atoms with van der Waals surface area (Å²) in [6.45, 7) is 3.92. The first-order valence-corrected chi connectivity index (χ1v) is 10.6. The number of Topliss-reactive ketones (excluding diaryl/α,β-unsaturated/α-hetero) is 2. The molecule has 2 N–H and O–H groups in total. The molecule has 0 aliphatic heterocycles. The number of benzene rings is 2. The van der Waals surface area contributed by atoms with Crippen molar-refractivity contribution in [1.82, 2.24) is 5.32 Å². The summed E-state index contributed by atoms with van der Waals surface area (Å²) in [5.74, 6) is 5.49. The minimum Gasteiger partial charge on any atom is -0.382 e. The predicted octanol–water partition coefficient (Wildman–Crippen LogP) is 4.39. The molecule has 0 saturated heterocycles. The Bertz CT molecular complexity index is 976. The highest BCUT2D eigenvalue weighted by Gasteiger charge is 2.53. The zero-order valence-electron chi connectivity index (χ0n) is 18.6. The lowest BCUT2D eigenvalue weighted by atomic mass is 9.78. The number of carbonyl (C=O) groups is 2. The molecule has 0 saturated carbocycles. The first-order valence-electron chi connectivity index (χ1n) is 10.6. The average Bonchev–Trinajstić information content (AvgIpc) is 2.80. The van der Waals surface area contributed by atoms with Crippen molar-refractivity contribution >= 4 is 11.6 Å². The standard InChI is InChI=1S/C26H29F2NO3/c1-4-23(31)25(2,26(3,32)24(27)28)29-18-8-11-22(30)21-16-14-20(15-17-21)13-12-19-9-6-5-7-10-19/h5-7,9-10,14-17,24,29,32H,4,8,11,18H2,1-3H3. The Kier molecular flexibility index (Phi) is 8.82. The lowest BCUT2D eigenvalue weighted by Crippen LogP contribution is -2.67. The van der Waals surface area contributed by atoms with Crippen molar-refractivity contribution in [3.05, 3.63) is 71.3 Å². The van der Waals surface area contributed by atoms with Crippen LogP contribution in [0.4, 0.5) is 8.78 Å². The van der Waals surface area contributed by atoms with Crippen molar-refractivity contribution in [3.8, 4) is 11.8 Å². The number of aliphatic hydroxyl groups is 1. The third-order valence-corrected chi connectivity index (χ3v) is 5.71. The Morgan fingerprint density at radius 2 is 1.56 bits per heavy atom. The predicted molar refractivity (Wildman–Crippen MR) is 121 cm³/mol. The first-order chi connectivity index (χ1) is 15.1. The van der Waals surface area contributed by atoms with Crippen molar-refractivity contribution < 1.29 is 23.5 Å². The van der Waals surface area contributed by atoms with E-state index < -0.39 is 23.3 Å². The molecule has 0 aromatic heterocycles.